The number of thioether (sulfide) groups is 1. The lowest BCUT2D eigenvalue weighted by atomic mass is 9.97. The molecule has 0 atom stereocenters. The van der Waals surface area contributed by atoms with Gasteiger partial charge in [0.1, 0.15) is 16.9 Å². The van der Waals surface area contributed by atoms with Crippen LogP contribution < -0.4 is 5.32 Å². The van der Waals surface area contributed by atoms with Crippen molar-refractivity contribution >= 4 is 40.0 Å². The number of hydrogen-bond acceptors (Lipinski definition) is 7. The van der Waals surface area contributed by atoms with Gasteiger partial charge in [0.05, 0.1) is 12.4 Å². The van der Waals surface area contributed by atoms with Crippen LogP contribution in [0.4, 0.5) is 5.00 Å². The number of carbonyl (C=O) groups is 2. The highest BCUT2D eigenvalue weighted by Gasteiger charge is 2.23. The fourth-order valence-corrected chi connectivity index (χ4v) is 4.27. The molecule has 2 aromatic heterocycles. The number of rotatable bonds is 7. The number of aryl methyl sites for hydroxylation is 2. The number of anilines is 1. The lowest BCUT2D eigenvalue weighted by molar-refractivity contribution is -0.113. The van der Waals surface area contributed by atoms with Crippen molar-refractivity contribution in [2.45, 2.75) is 25.9 Å². The Hall–Kier alpha value is -2.65. The quantitative estimate of drug-likeness (QED) is 0.445. The van der Waals surface area contributed by atoms with Gasteiger partial charge in [-0.25, -0.2) is 9.78 Å². The Labute approximate surface area is 170 Å². The van der Waals surface area contributed by atoms with Crippen LogP contribution in [0, 0.1) is 13.8 Å². The molecule has 0 radical (unpaired) electrons. The van der Waals surface area contributed by atoms with Gasteiger partial charge in [0, 0.05) is 10.9 Å². The van der Waals surface area contributed by atoms with Crippen molar-refractivity contribution in [2.24, 2.45) is 0 Å². The minimum Gasteiger partial charge on any atom is -0.462 e. The average Bonchev–Trinajstić information content (AvgIpc) is 3.30. The smallest absolute Gasteiger partial charge is 0.341 e. The number of benzene rings is 1. The molecule has 3 rings (SSSR count). The Balaban J connectivity index is 1.87. The molecular weight excluding hydrogens is 396 g/mol. The Kier molecular flexibility index (Phi) is 6.48. The van der Waals surface area contributed by atoms with E-state index in [4.69, 9.17) is 4.74 Å². The van der Waals surface area contributed by atoms with E-state index >= 15 is 0 Å². The summed E-state index contributed by atoms with van der Waals surface area (Å²) >= 11 is 2.55. The van der Waals surface area contributed by atoms with Crippen LogP contribution in [0.15, 0.2) is 35.1 Å². The number of amides is 1. The van der Waals surface area contributed by atoms with Crippen molar-refractivity contribution in [3.05, 3.63) is 46.6 Å². The number of carbonyl (C=O) groups excluding carboxylic acids is 2. The van der Waals surface area contributed by atoms with Crippen molar-refractivity contribution in [2.75, 3.05) is 17.7 Å². The predicted octanol–water partition coefficient (Wildman–Crippen LogP) is 4.06. The summed E-state index contributed by atoms with van der Waals surface area (Å²) in [6, 6.07) is 6.05. The van der Waals surface area contributed by atoms with Crippen LogP contribution in [0.2, 0.25) is 0 Å². The van der Waals surface area contributed by atoms with E-state index in [1.165, 1.54) is 29.4 Å². The third kappa shape index (κ3) is 4.60. The van der Waals surface area contributed by atoms with Gasteiger partial charge in [-0.15, -0.1) is 11.3 Å². The molecule has 1 amide bonds. The van der Waals surface area contributed by atoms with Crippen molar-refractivity contribution in [3.8, 4) is 11.1 Å². The molecule has 0 unspecified atom stereocenters. The third-order valence-corrected chi connectivity index (χ3v) is 5.70. The van der Waals surface area contributed by atoms with Gasteiger partial charge in [0.2, 0.25) is 5.91 Å². The van der Waals surface area contributed by atoms with Crippen LogP contribution in [0.3, 0.4) is 0 Å². The molecular formula is C19H20N4O3S2. The molecule has 28 heavy (non-hydrogen) atoms. The van der Waals surface area contributed by atoms with Gasteiger partial charge in [-0.2, -0.15) is 5.10 Å². The van der Waals surface area contributed by atoms with E-state index in [0.717, 1.165) is 22.3 Å². The molecule has 0 aliphatic carbocycles. The Morgan fingerprint density at radius 3 is 2.79 bits per heavy atom. The largest absolute Gasteiger partial charge is 0.462 e. The summed E-state index contributed by atoms with van der Waals surface area (Å²) in [6.07, 6.45) is 1.38. The first-order valence-electron chi connectivity index (χ1n) is 8.63. The van der Waals surface area contributed by atoms with Crippen LogP contribution in [0.25, 0.3) is 11.1 Å². The molecule has 2 heterocycles. The Morgan fingerprint density at radius 1 is 1.29 bits per heavy atom. The number of thiophene rings is 1. The molecule has 0 aliphatic heterocycles. The van der Waals surface area contributed by atoms with Gasteiger partial charge >= 0.3 is 5.97 Å². The predicted molar refractivity (Wildman–Crippen MR) is 111 cm³/mol. The zero-order valence-electron chi connectivity index (χ0n) is 15.7. The number of aromatic nitrogens is 3. The molecule has 1 aromatic carbocycles. The fraction of sp³-hybridized carbons (Fsp3) is 0.263. The van der Waals surface area contributed by atoms with Crippen molar-refractivity contribution in [1.82, 2.24) is 15.2 Å². The van der Waals surface area contributed by atoms with E-state index in [-0.39, 0.29) is 18.3 Å². The highest BCUT2D eigenvalue weighted by Crippen LogP contribution is 2.38. The summed E-state index contributed by atoms with van der Waals surface area (Å²) in [7, 11) is 0. The SMILES string of the molecule is CCOC(=O)c1c(-c2ccc(C)cc2C)csc1NC(=O)CSc1ncn[nH]1. The second-order valence-corrected chi connectivity index (χ2v) is 7.86. The molecule has 0 fully saturated rings. The lowest BCUT2D eigenvalue weighted by Gasteiger charge is -2.10. The van der Waals surface area contributed by atoms with Gasteiger partial charge < -0.3 is 10.1 Å². The van der Waals surface area contributed by atoms with Crippen LogP contribution in [0.5, 0.6) is 0 Å². The maximum absolute atomic E-state index is 12.6. The van der Waals surface area contributed by atoms with Gasteiger partial charge in [-0.05, 0) is 31.9 Å². The molecule has 7 nitrogen and oxygen atoms in total. The van der Waals surface area contributed by atoms with E-state index in [2.05, 4.69) is 26.6 Å². The van der Waals surface area contributed by atoms with Gasteiger partial charge in [-0.3, -0.25) is 9.89 Å². The monoisotopic (exact) mass is 416 g/mol. The zero-order chi connectivity index (χ0) is 20.1. The topological polar surface area (TPSA) is 97.0 Å². The average molecular weight is 417 g/mol. The van der Waals surface area contributed by atoms with Crippen molar-refractivity contribution in [3.63, 3.8) is 0 Å². The highest BCUT2D eigenvalue weighted by atomic mass is 32.2. The maximum atomic E-state index is 12.6. The Morgan fingerprint density at radius 2 is 2.11 bits per heavy atom. The summed E-state index contributed by atoms with van der Waals surface area (Å²) in [6.45, 7) is 6.04. The van der Waals surface area contributed by atoms with E-state index in [9.17, 15) is 9.59 Å². The minimum atomic E-state index is -0.447. The standard InChI is InChI=1S/C19H20N4O3S2/c1-4-26-18(25)16-14(13-6-5-11(2)7-12(13)3)8-27-17(16)22-15(24)9-28-19-20-10-21-23-19/h5-8,10H,4,9H2,1-3H3,(H,22,24)(H,20,21,23). The van der Waals surface area contributed by atoms with Crippen LogP contribution in [0.1, 0.15) is 28.4 Å². The second-order valence-electron chi connectivity index (χ2n) is 6.02. The molecule has 0 saturated heterocycles. The number of esters is 1. The van der Waals surface area contributed by atoms with Gasteiger partial charge in [-0.1, -0.05) is 35.5 Å². The van der Waals surface area contributed by atoms with Crippen molar-refractivity contribution < 1.29 is 14.3 Å². The van der Waals surface area contributed by atoms with Gasteiger partial charge in [0.15, 0.2) is 5.16 Å². The summed E-state index contributed by atoms with van der Waals surface area (Å²) in [5.74, 6) is -0.535. The lowest BCUT2D eigenvalue weighted by Crippen LogP contribution is -2.16. The normalized spacial score (nSPS) is 10.7. The number of nitrogens with one attached hydrogen (secondary N) is 2. The van der Waals surface area contributed by atoms with Gasteiger partial charge in [0.25, 0.3) is 0 Å². The van der Waals surface area contributed by atoms with Crippen molar-refractivity contribution in [1.29, 1.82) is 0 Å². The first-order valence-corrected chi connectivity index (χ1v) is 10.5. The second kappa shape index (κ2) is 9.03. The number of H-pyrrole nitrogens is 1. The summed E-state index contributed by atoms with van der Waals surface area (Å²) in [4.78, 5) is 29.0. The number of nitrogens with zero attached hydrogens (tertiary/aromatic N) is 2. The summed E-state index contributed by atoms with van der Waals surface area (Å²) < 4.78 is 5.24. The molecule has 9 heteroatoms. The van der Waals surface area contributed by atoms with E-state index in [1.54, 1.807) is 6.92 Å². The maximum Gasteiger partial charge on any atom is 0.341 e. The molecule has 0 saturated carbocycles. The number of hydrogen-bond donors (Lipinski definition) is 2. The summed E-state index contributed by atoms with van der Waals surface area (Å²) in [5, 5.41) is 12.2. The highest BCUT2D eigenvalue weighted by molar-refractivity contribution is 7.99. The molecule has 3 aromatic rings. The van der Waals surface area contributed by atoms with E-state index in [0.29, 0.717) is 15.7 Å². The first kappa shape index (κ1) is 20.1. The molecule has 0 bridgehead atoms. The van der Waals surface area contributed by atoms with Crippen LogP contribution >= 0.6 is 23.1 Å². The van der Waals surface area contributed by atoms with Crippen LogP contribution in [-0.2, 0) is 9.53 Å². The molecule has 2 N–H and O–H groups in total. The fourth-order valence-electron chi connectivity index (χ4n) is 2.73. The molecule has 146 valence electrons. The molecule has 0 spiro atoms. The number of aromatic amines is 1. The first-order chi connectivity index (χ1) is 13.5. The number of ether oxygens (including phenoxy) is 1. The zero-order valence-corrected chi connectivity index (χ0v) is 17.4. The summed E-state index contributed by atoms with van der Waals surface area (Å²) in [5.41, 5.74) is 4.30. The van der Waals surface area contributed by atoms with Crippen LogP contribution in [-0.4, -0.2) is 39.4 Å². The van der Waals surface area contributed by atoms with E-state index < -0.39 is 5.97 Å². The molecule has 0 aliphatic rings. The van der Waals surface area contributed by atoms with E-state index in [1.807, 2.05) is 31.4 Å². The minimum absolute atomic E-state index is 0.147. The Bertz CT molecular complexity index is 983. The third-order valence-electron chi connectivity index (χ3n) is 3.93.